The molecule has 0 fully saturated rings. The van der Waals surface area contributed by atoms with Crippen molar-refractivity contribution in [1.29, 1.82) is 0 Å². The Morgan fingerprint density at radius 2 is 1.51 bits per heavy atom. The van der Waals surface area contributed by atoms with Crippen molar-refractivity contribution in [2.75, 3.05) is 12.4 Å². The highest BCUT2D eigenvalue weighted by Gasteiger charge is 2.31. The lowest BCUT2D eigenvalue weighted by molar-refractivity contribution is -0.143. The van der Waals surface area contributed by atoms with E-state index >= 15 is 0 Å². The number of aromatic nitrogens is 2. The summed E-state index contributed by atoms with van der Waals surface area (Å²) < 4.78 is 34.5. The first-order valence-electron chi connectivity index (χ1n) is 14.0. The number of hydrogen-bond donors (Lipinski definition) is 3. The Labute approximate surface area is 249 Å². The number of anilines is 1. The van der Waals surface area contributed by atoms with Gasteiger partial charge < -0.3 is 24.8 Å². The molecule has 2 atom stereocenters. The second-order valence-corrected chi connectivity index (χ2v) is 10.6. The van der Waals surface area contributed by atoms with Crippen molar-refractivity contribution < 1.29 is 33.3 Å². The fourth-order valence-corrected chi connectivity index (χ4v) is 5.21. The highest BCUT2D eigenvalue weighted by atomic mass is 19.1. The van der Waals surface area contributed by atoms with Crippen molar-refractivity contribution in [2.45, 2.75) is 57.8 Å². The Morgan fingerprint density at radius 3 is 2.05 bits per heavy atom. The zero-order chi connectivity index (χ0) is 31.1. The first-order chi connectivity index (χ1) is 20.6. The van der Waals surface area contributed by atoms with E-state index in [0.717, 1.165) is 0 Å². The number of amides is 1. The number of carbonyl (C=O) groups is 2. The van der Waals surface area contributed by atoms with Gasteiger partial charge in [-0.1, -0.05) is 30.3 Å². The molecule has 2 aromatic heterocycles. The van der Waals surface area contributed by atoms with Gasteiger partial charge in [-0.15, -0.1) is 0 Å². The van der Waals surface area contributed by atoms with Crippen LogP contribution in [0.4, 0.5) is 14.6 Å². The highest BCUT2D eigenvalue weighted by Crippen LogP contribution is 2.43. The lowest BCUT2D eigenvalue weighted by Crippen LogP contribution is -2.23. The van der Waals surface area contributed by atoms with Crippen LogP contribution in [0.1, 0.15) is 55.3 Å². The standard InChI is InChI=1S/C33H35F2N3O5/c1-20(2)38-27(16-15-25(39)18-26(40)19-29(41)43-3)30(21-7-11-23(34)12-8-21)31(22-9-13-24(35)14-10-22)32(38)33(42)37-28-6-4-5-17-36-28/h4-14,17,20,25-26,39-40H,15-16,18-19H2,1-3H3,(H,36,37,42)/t25-,26-/m1/s1. The third-order valence-corrected chi connectivity index (χ3v) is 7.10. The van der Waals surface area contributed by atoms with E-state index in [4.69, 9.17) is 0 Å². The van der Waals surface area contributed by atoms with Gasteiger partial charge in [-0.25, -0.2) is 13.8 Å². The number of rotatable bonds is 12. The van der Waals surface area contributed by atoms with Crippen LogP contribution in [0.5, 0.6) is 0 Å². The summed E-state index contributed by atoms with van der Waals surface area (Å²) in [5, 5.41) is 23.9. The molecule has 4 rings (SSSR count). The van der Waals surface area contributed by atoms with Crippen LogP contribution in [-0.2, 0) is 16.0 Å². The van der Waals surface area contributed by atoms with Crippen LogP contribution >= 0.6 is 0 Å². The van der Waals surface area contributed by atoms with Crippen LogP contribution in [0.25, 0.3) is 22.3 Å². The van der Waals surface area contributed by atoms with E-state index < -0.39 is 35.7 Å². The number of methoxy groups -OCH3 is 1. The van der Waals surface area contributed by atoms with E-state index in [1.165, 1.54) is 31.4 Å². The van der Waals surface area contributed by atoms with Crippen LogP contribution in [-0.4, -0.2) is 51.0 Å². The summed E-state index contributed by atoms with van der Waals surface area (Å²) in [5.74, 6) is -1.56. The third-order valence-electron chi connectivity index (χ3n) is 7.10. The van der Waals surface area contributed by atoms with Gasteiger partial charge in [0.05, 0.1) is 25.7 Å². The first kappa shape index (κ1) is 31.5. The number of esters is 1. The number of carbonyl (C=O) groups excluding carboxylic acids is 2. The summed E-state index contributed by atoms with van der Waals surface area (Å²) in [6.45, 7) is 3.83. The number of benzene rings is 2. The van der Waals surface area contributed by atoms with Gasteiger partial charge in [0.15, 0.2) is 0 Å². The number of aliphatic hydroxyl groups is 2. The number of halogens is 2. The molecule has 226 valence electrons. The Morgan fingerprint density at radius 1 is 0.907 bits per heavy atom. The Hall–Kier alpha value is -4.41. The molecule has 3 N–H and O–H groups in total. The Balaban J connectivity index is 1.88. The number of nitrogens with one attached hydrogen (secondary N) is 1. The smallest absolute Gasteiger partial charge is 0.308 e. The summed E-state index contributed by atoms with van der Waals surface area (Å²) in [6.07, 6.45) is -0.356. The largest absolute Gasteiger partial charge is 0.469 e. The zero-order valence-corrected chi connectivity index (χ0v) is 24.3. The summed E-state index contributed by atoms with van der Waals surface area (Å²) in [5.41, 5.74) is 3.33. The molecule has 0 saturated carbocycles. The molecule has 2 heterocycles. The summed E-state index contributed by atoms with van der Waals surface area (Å²) >= 11 is 0. The van der Waals surface area contributed by atoms with Gasteiger partial charge >= 0.3 is 5.97 Å². The predicted molar refractivity (Wildman–Crippen MR) is 159 cm³/mol. The average molecular weight is 592 g/mol. The van der Waals surface area contributed by atoms with E-state index in [0.29, 0.717) is 39.5 Å². The quantitative estimate of drug-likeness (QED) is 0.176. The van der Waals surface area contributed by atoms with Gasteiger partial charge in [0.1, 0.15) is 23.1 Å². The molecule has 2 aromatic carbocycles. The normalized spacial score (nSPS) is 12.7. The molecule has 0 spiro atoms. The molecule has 0 aliphatic rings. The molecule has 1 amide bonds. The molecule has 4 aromatic rings. The molecule has 0 aliphatic carbocycles. The SMILES string of the molecule is COC(=O)C[C@H](O)C[C@H](O)CCc1c(-c2ccc(F)cc2)c(-c2ccc(F)cc2)c(C(=O)Nc2ccccn2)n1C(C)C. The first-order valence-corrected chi connectivity index (χ1v) is 14.0. The van der Waals surface area contributed by atoms with Crippen LogP contribution in [0.3, 0.4) is 0 Å². The molecular weight excluding hydrogens is 556 g/mol. The van der Waals surface area contributed by atoms with Gasteiger partial charge in [0, 0.05) is 29.1 Å². The Kier molecular flexibility index (Phi) is 10.4. The number of nitrogens with zero attached hydrogens (tertiary/aromatic N) is 2. The molecule has 0 aliphatic heterocycles. The number of ether oxygens (including phenoxy) is 1. The van der Waals surface area contributed by atoms with Gasteiger partial charge in [-0.05, 0) is 80.6 Å². The molecule has 0 bridgehead atoms. The van der Waals surface area contributed by atoms with E-state index in [9.17, 15) is 28.6 Å². The minimum atomic E-state index is -1.09. The van der Waals surface area contributed by atoms with E-state index in [-0.39, 0.29) is 31.7 Å². The summed E-state index contributed by atoms with van der Waals surface area (Å²) in [7, 11) is 1.23. The second-order valence-electron chi connectivity index (χ2n) is 10.6. The lowest BCUT2D eigenvalue weighted by atomic mass is 9.92. The molecule has 10 heteroatoms. The van der Waals surface area contributed by atoms with Crippen molar-refractivity contribution in [2.24, 2.45) is 0 Å². The minimum Gasteiger partial charge on any atom is -0.469 e. The van der Waals surface area contributed by atoms with Gasteiger partial charge in [0.2, 0.25) is 0 Å². The van der Waals surface area contributed by atoms with Crippen LogP contribution in [0.2, 0.25) is 0 Å². The fourth-order valence-electron chi connectivity index (χ4n) is 5.21. The van der Waals surface area contributed by atoms with Gasteiger partial charge in [-0.2, -0.15) is 0 Å². The summed E-state index contributed by atoms with van der Waals surface area (Å²) in [4.78, 5) is 29.8. The van der Waals surface area contributed by atoms with Gasteiger partial charge in [-0.3, -0.25) is 9.59 Å². The van der Waals surface area contributed by atoms with E-state index in [2.05, 4.69) is 15.0 Å². The van der Waals surface area contributed by atoms with Crippen molar-refractivity contribution in [3.8, 4) is 22.3 Å². The van der Waals surface area contributed by atoms with E-state index in [1.54, 1.807) is 48.7 Å². The average Bonchev–Trinajstić information content (AvgIpc) is 3.32. The van der Waals surface area contributed by atoms with Crippen molar-refractivity contribution in [1.82, 2.24) is 9.55 Å². The number of hydrogen-bond acceptors (Lipinski definition) is 6. The summed E-state index contributed by atoms with van der Waals surface area (Å²) in [6, 6.07) is 16.6. The fraction of sp³-hybridized carbons (Fsp3) is 0.303. The van der Waals surface area contributed by atoms with Gasteiger partial charge in [0.25, 0.3) is 5.91 Å². The number of pyridine rings is 1. The maximum Gasteiger partial charge on any atom is 0.308 e. The van der Waals surface area contributed by atoms with Crippen molar-refractivity contribution in [3.63, 3.8) is 0 Å². The van der Waals surface area contributed by atoms with Crippen LogP contribution < -0.4 is 5.32 Å². The van der Waals surface area contributed by atoms with E-state index in [1.807, 2.05) is 18.4 Å². The molecule has 43 heavy (non-hydrogen) atoms. The molecule has 0 radical (unpaired) electrons. The van der Waals surface area contributed by atoms with Crippen molar-refractivity contribution in [3.05, 3.63) is 95.9 Å². The topological polar surface area (TPSA) is 114 Å². The zero-order valence-electron chi connectivity index (χ0n) is 24.3. The third kappa shape index (κ3) is 7.71. The molecule has 8 nitrogen and oxygen atoms in total. The lowest BCUT2D eigenvalue weighted by Gasteiger charge is -2.20. The maximum absolute atomic E-state index is 14.0. The van der Waals surface area contributed by atoms with Crippen molar-refractivity contribution >= 4 is 17.7 Å². The molecular formula is C33H35F2N3O5. The minimum absolute atomic E-state index is 0.0544. The predicted octanol–water partition coefficient (Wildman–Crippen LogP) is 5.94. The number of aliphatic hydroxyl groups excluding tert-OH is 2. The second kappa shape index (κ2) is 14.2. The molecule has 0 saturated heterocycles. The monoisotopic (exact) mass is 591 g/mol. The highest BCUT2D eigenvalue weighted by molar-refractivity contribution is 6.10. The Bertz CT molecular complexity index is 1540. The molecule has 0 unspecified atom stereocenters. The maximum atomic E-state index is 14.0. The van der Waals surface area contributed by atoms with Crippen LogP contribution in [0, 0.1) is 11.6 Å². The van der Waals surface area contributed by atoms with Crippen LogP contribution in [0.15, 0.2) is 72.9 Å².